The van der Waals surface area contributed by atoms with Gasteiger partial charge in [0.25, 0.3) is 5.91 Å². The van der Waals surface area contributed by atoms with Crippen molar-refractivity contribution in [1.29, 1.82) is 0 Å². The summed E-state index contributed by atoms with van der Waals surface area (Å²) in [5.74, 6) is 1.58. The van der Waals surface area contributed by atoms with E-state index in [1.807, 2.05) is 71.6 Å². The van der Waals surface area contributed by atoms with Gasteiger partial charge in [0.05, 0.1) is 12.7 Å². The van der Waals surface area contributed by atoms with Gasteiger partial charge in [0.1, 0.15) is 30.1 Å². The van der Waals surface area contributed by atoms with Crippen LogP contribution in [0.1, 0.15) is 60.9 Å². The normalized spacial score (nSPS) is 15.2. The third kappa shape index (κ3) is 5.88. The molecule has 1 unspecified atom stereocenters. The number of ketones is 1. The minimum atomic E-state index is -0.317. The Bertz CT molecular complexity index is 1240. The first-order valence-electron chi connectivity index (χ1n) is 12.2. The maximum Gasteiger partial charge on any atom is 0.257 e. The van der Waals surface area contributed by atoms with Crippen molar-refractivity contribution in [2.75, 3.05) is 19.0 Å². The van der Waals surface area contributed by atoms with E-state index in [9.17, 15) is 9.59 Å². The number of benzene rings is 3. The Morgan fingerprint density at radius 1 is 1.03 bits per heavy atom. The maximum absolute atomic E-state index is 13.5. The highest BCUT2D eigenvalue weighted by molar-refractivity contribution is 6.01. The third-order valence-electron chi connectivity index (χ3n) is 6.06. The van der Waals surface area contributed by atoms with Gasteiger partial charge in [-0.3, -0.25) is 9.59 Å². The first kappa shape index (κ1) is 25.3. The zero-order valence-electron chi connectivity index (χ0n) is 21.6. The summed E-state index contributed by atoms with van der Waals surface area (Å²) in [6.45, 7) is 8.88. The summed E-state index contributed by atoms with van der Waals surface area (Å²) >= 11 is 0. The molecular weight excluding hydrogens is 452 g/mol. The Morgan fingerprint density at radius 2 is 1.75 bits per heavy atom. The summed E-state index contributed by atoms with van der Waals surface area (Å²) in [4.78, 5) is 26.8. The van der Waals surface area contributed by atoms with Gasteiger partial charge in [-0.25, -0.2) is 0 Å². The average molecular weight is 487 g/mol. The number of para-hydroxylation sites is 1. The van der Waals surface area contributed by atoms with E-state index in [4.69, 9.17) is 9.47 Å². The van der Waals surface area contributed by atoms with Gasteiger partial charge in [0, 0.05) is 24.2 Å². The van der Waals surface area contributed by atoms with Crippen LogP contribution in [0.25, 0.3) is 0 Å². The number of rotatable bonds is 8. The highest BCUT2D eigenvalue weighted by atomic mass is 16.5. The first-order chi connectivity index (χ1) is 17.1. The van der Waals surface area contributed by atoms with Gasteiger partial charge >= 0.3 is 0 Å². The van der Waals surface area contributed by atoms with Crippen LogP contribution in [-0.4, -0.2) is 30.2 Å². The van der Waals surface area contributed by atoms with Crippen molar-refractivity contribution >= 4 is 17.4 Å². The van der Waals surface area contributed by atoms with Crippen molar-refractivity contribution in [3.05, 3.63) is 89.0 Å². The number of carbonyl (C=O) groups is 2. The van der Waals surface area contributed by atoms with Crippen molar-refractivity contribution in [2.45, 2.75) is 46.9 Å². The minimum Gasteiger partial charge on any atom is -0.496 e. The molecule has 0 aromatic heterocycles. The maximum atomic E-state index is 13.5. The molecule has 188 valence electrons. The molecule has 0 radical (unpaired) electrons. The number of ether oxygens (including phenoxy) is 2. The number of hydrogen-bond acceptors (Lipinski definition) is 5. The predicted octanol–water partition coefficient (Wildman–Crippen LogP) is 6.02. The summed E-state index contributed by atoms with van der Waals surface area (Å²) in [7, 11) is 1.64. The zero-order chi connectivity index (χ0) is 25.9. The van der Waals surface area contributed by atoms with Gasteiger partial charge < -0.3 is 19.7 Å². The second-order valence-corrected chi connectivity index (χ2v) is 10.5. The van der Waals surface area contributed by atoms with Crippen molar-refractivity contribution in [2.24, 2.45) is 5.41 Å². The summed E-state index contributed by atoms with van der Waals surface area (Å²) in [6, 6.07) is 21.2. The van der Waals surface area contributed by atoms with Crippen LogP contribution in [0.3, 0.4) is 0 Å². The number of nitrogens with one attached hydrogen (secondary N) is 1. The number of hydrogen-bond donors (Lipinski definition) is 1. The number of Topliss-reactive ketones (excluding diaryl/α,β-unsaturated/α-hetero) is 1. The number of methoxy groups -OCH3 is 1. The fourth-order valence-electron chi connectivity index (χ4n) is 4.46. The molecule has 0 spiro atoms. The zero-order valence-corrected chi connectivity index (χ0v) is 21.6. The van der Waals surface area contributed by atoms with E-state index in [1.165, 1.54) is 0 Å². The predicted molar refractivity (Wildman–Crippen MR) is 141 cm³/mol. The van der Waals surface area contributed by atoms with Gasteiger partial charge in [0.2, 0.25) is 0 Å². The second-order valence-electron chi connectivity index (χ2n) is 10.5. The van der Waals surface area contributed by atoms with E-state index in [0.29, 0.717) is 30.9 Å². The van der Waals surface area contributed by atoms with Gasteiger partial charge in [-0.2, -0.15) is 0 Å². The Morgan fingerprint density at radius 3 is 2.42 bits per heavy atom. The number of nitrogens with zero attached hydrogens (tertiary/aromatic N) is 1. The molecule has 6 heteroatoms. The molecule has 1 aliphatic heterocycles. The Balaban J connectivity index is 1.61. The monoisotopic (exact) mass is 486 g/mol. The molecule has 36 heavy (non-hydrogen) atoms. The number of amides is 1. The van der Waals surface area contributed by atoms with E-state index < -0.39 is 0 Å². The molecule has 1 heterocycles. The van der Waals surface area contributed by atoms with Crippen LogP contribution in [-0.2, 0) is 17.8 Å². The molecule has 1 atom stereocenters. The molecule has 0 aliphatic carbocycles. The van der Waals surface area contributed by atoms with Gasteiger partial charge in [-0.05, 0) is 59.9 Å². The largest absolute Gasteiger partial charge is 0.496 e. The Kier molecular flexibility index (Phi) is 7.34. The number of fused-ring (bicyclic) bond motifs is 1. The van der Waals surface area contributed by atoms with Crippen LogP contribution < -0.4 is 14.8 Å². The molecule has 1 aliphatic rings. The second kappa shape index (κ2) is 10.4. The molecule has 1 N–H and O–H groups in total. The molecule has 0 fully saturated rings. The van der Waals surface area contributed by atoms with Crippen molar-refractivity contribution in [3.63, 3.8) is 0 Å². The summed E-state index contributed by atoms with van der Waals surface area (Å²) in [5.41, 5.74) is 4.24. The Labute approximate surface area is 213 Å². The van der Waals surface area contributed by atoms with E-state index in [2.05, 4.69) is 26.1 Å². The van der Waals surface area contributed by atoms with E-state index in [-0.39, 0.29) is 23.3 Å². The summed E-state index contributed by atoms with van der Waals surface area (Å²) in [5, 5.41) is 3.57. The first-order valence-corrected chi connectivity index (χ1v) is 12.2. The molecule has 3 aromatic rings. The van der Waals surface area contributed by atoms with Gasteiger partial charge in [0.15, 0.2) is 0 Å². The highest BCUT2D eigenvalue weighted by Crippen LogP contribution is 2.36. The molecule has 6 nitrogen and oxygen atoms in total. The quantitative estimate of drug-likeness (QED) is 0.422. The molecule has 0 bridgehead atoms. The van der Waals surface area contributed by atoms with Crippen LogP contribution in [0, 0.1) is 5.41 Å². The van der Waals surface area contributed by atoms with Gasteiger partial charge in [-0.1, -0.05) is 51.1 Å². The van der Waals surface area contributed by atoms with Crippen LogP contribution in [0.15, 0.2) is 66.7 Å². The minimum absolute atomic E-state index is 0.0172. The summed E-state index contributed by atoms with van der Waals surface area (Å²) < 4.78 is 11.7. The van der Waals surface area contributed by atoms with E-state index >= 15 is 0 Å². The van der Waals surface area contributed by atoms with E-state index in [0.717, 1.165) is 28.1 Å². The summed E-state index contributed by atoms with van der Waals surface area (Å²) in [6.07, 6.45) is 0.0967. The number of anilines is 1. The lowest BCUT2D eigenvalue weighted by Crippen LogP contribution is -2.46. The van der Waals surface area contributed by atoms with Crippen LogP contribution >= 0.6 is 0 Å². The smallest absolute Gasteiger partial charge is 0.257 e. The topological polar surface area (TPSA) is 67.9 Å². The fourth-order valence-corrected chi connectivity index (χ4v) is 4.46. The number of carbonyl (C=O) groups excluding carboxylic acids is 2. The SMILES string of the molecule is COc1ccc(C2Nc3ccccc3C(=O)N2CC(C)(C)C)cc1COc1ccc(CC(C)=O)cc1. The lowest BCUT2D eigenvalue weighted by molar-refractivity contribution is -0.116. The van der Waals surface area contributed by atoms with Crippen molar-refractivity contribution < 1.29 is 19.1 Å². The molecular formula is C30H34N2O4. The van der Waals surface area contributed by atoms with Gasteiger partial charge in [-0.15, -0.1) is 0 Å². The van der Waals surface area contributed by atoms with Crippen LogP contribution in [0.5, 0.6) is 11.5 Å². The Hall–Kier alpha value is -3.80. The molecule has 0 saturated carbocycles. The average Bonchev–Trinajstić information content (AvgIpc) is 2.84. The molecule has 3 aromatic carbocycles. The molecule has 0 saturated heterocycles. The van der Waals surface area contributed by atoms with Crippen molar-refractivity contribution in [3.8, 4) is 11.5 Å². The van der Waals surface area contributed by atoms with Crippen LogP contribution in [0.4, 0.5) is 5.69 Å². The fraction of sp³-hybridized carbons (Fsp3) is 0.333. The van der Waals surface area contributed by atoms with Crippen LogP contribution in [0.2, 0.25) is 0 Å². The third-order valence-corrected chi connectivity index (χ3v) is 6.06. The molecule has 4 rings (SSSR count). The van der Waals surface area contributed by atoms with Crippen molar-refractivity contribution in [1.82, 2.24) is 4.90 Å². The van der Waals surface area contributed by atoms with E-state index in [1.54, 1.807) is 14.0 Å². The lowest BCUT2D eigenvalue weighted by atomic mass is 9.93. The highest BCUT2D eigenvalue weighted by Gasteiger charge is 2.35. The lowest BCUT2D eigenvalue weighted by Gasteiger charge is -2.41. The molecule has 1 amide bonds. The standard InChI is InChI=1S/C30H34N2O4/c1-20(33)16-21-10-13-24(14-11-21)36-18-23-17-22(12-15-27(23)35-5)28-31-26-9-7-6-8-25(26)29(34)32(28)19-30(2,3)4/h6-15,17,28,31H,16,18-19H2,1-5H3.